The molecular weight excluding hydrogens is 218 g/mol. The van der Waals surface area contributed by atoms with Crippen molar-refractivity contribution in [3.63, 3.8) is 0 Å². The van der Waals surface area contributed by atoms with Gasteiger partial charge in [-0.2, -0.15) is 0 Å². The smallest absolute Gasteiger partial charge is 0.0951 e. The molecule has 2 N–H and O–H groups in total. The van der Waals surface area contributed by atoms with E-state index in [1.165, 1.54) is 4.88 Å². The Labute approximate surface area is 99.9 Å². The Morgan fingerprint density at radius 3 is 2.94 bits per heavy atom. The van der Waals surface area contributed by atoms with Gasteiger partial charge in [-0.05, 0) is 25.3 Å². The molecule has 0 aliphatic carbocycles. The second kappa shape index (κ2) is 4.80. The summed E-state index contributed by atoms with van der Waals surface area (Å²) in [6, 6.07) is 4.70. The zero-order valence-corrected chi connectivity index (χ0v) is 10.4. The fourth-order valence-corrected chi connectivity index (χ4v) is 2.68. The summed E-state index contributed by atoms with van der Waals surface area (Å²) in [5.41, 5.74) is 7.01. The van der Waals surface area contributed by atoms with Gasteiger partial charge >= 0.3 is 0 Å². The maximum absolute atomic E-state index is 5.91. The average Bonchev–Trinajstić information content (AvgIpc) is 2.86. The van der Waals surface area contributed by atoms with Crippen LogP contribution in [0.4, 0.5) is 0 Å². The van der Waals surface area contributed by atoms with Crippen LogP contribution in [0, 0.1) is 0 Å². The summed E-state index contributed by atoms with van der Waals surface area (Å²) in [6.45, 7) is 4.19. The number of hydrogen-bond donors (Lipinski definition) is 1. The molecule has 0 aliphatic heterocycles. The maximum Gasteiger partial charge on any atom is 0.0951 e. The number of aromatic nitrogens is 2. The molecule has 2 atom stereocenters. The van der Waals surface area contributed by atoms with Crippen LogP contribution in [0.3, 0.4) is 0 Å². The van der Waals surface area contributed by atoms with Crippen molar-refractivity contribution >= 4 is 11.3 Å². The number of nitrogens with zero attached hydrogens (tertiary/aromatic N) is 2. The molecule has 0 fully saturated rings. The van der Waals surface area contributed by atoms with Crippen molar-refractivity contribution in [3.8, 4) is 0 Å². The minimum atomic E-state index is 0.0354. The minimum Gasteiger partial charge on any atom is -0.330 e. The molecule has 2 heterocycles. The quantitative estimate of drug-likeness (QED) is 0.885. The summed E-state index contributed by atoms with van der Waals surface area (Å²) in [6.07, 6.45) is 4.76. The topological polar surface area (TPSA) is 43.8 Å². The van der Waals surface area contributed by atoms with E-state index in [0.29, 0.717) is 6.04 Å². The van der Waals surface area contributed by atoms with Crippen LogP contribution < -0.4 is 5.73 Å². The van der Waals surface area contributed by atoms with Crippen molar-refractivity contribution in [1.29, 1.82) is 0 Å². The number of thiophene rings is 1. The number of rotatable bonds is 4. The first kappa shape index (κ1) is 11.4. The lowest BCUT2D eigenvalue weighted by Crippen LogP contribution is -2.15. The molecule has 0 amide bonds. The molecular formula is C12H17N3S. The molecule has 0 aliphatic rings. The first-order valence-corrected chi connectivity index (χ1v) is 6.36. The van der Waals surface area contributed by atoms with Gasteiger partial charge in [0, 0.05) is 29.6 Å². The first-order chi connectivity index (χ1) is 7.68. The van der Waals surface area contributed by atoms with Gasteiger partial charge in [0.1, 0.15) is 0 Å². The van der Waals surface area contributed by atoms with E-state index in [1.807, 2.05) is 19.4 Å². The zero-order chi connectivity index (χ0) is 11.5. The Bertz CT molecular complexity index is 431. The highest BCUT2D eigenvalue weighted by Crippen LogP contribution is 2.21. The lowest BCUT2D eigenvalue weighted by Gasteiger charge is -2.17. The maximum atomic E-state index is 5.91. The lowest BCUT2D eigenvalue weighted by atomic mass is 10.2. The Balaban J connectivity index is 2.14. The van der Waals surface area contributed by atoms with Crippen molar-refractivity contribution in [3.05, 3.63) is 40.6 Å². The van der Waals surface area contributed by atoms with E-state index in [4.69, 9.17) is 5.73 Å². The summed E-state index contributed by atoms with van der Waals surface area (Å²) >= 11 is 1.80. The third-order valence-electron chi connectivity index (χ3n) is 2.71. The van der Waals surface area contributed by atoms with E-state index in [9.17, 15) is 0 Å². The van der Waals surface area contributed by atoms with Gasteiger partial charge in [0.15, 0.2) is 0 Å². The largest absolute Gasteiger partial charge is 0.330 e. The summed E-state index contributed by atoms with van der Waals surface area (Å²) in [5, 5.41) is 2.11. The van der Waals surface area contributed by atoms with Gasteiger partial charge in [-0.25, -0.2) is 4.98 Å². The van der Waals surface area contributed by atoms with Gasteiger partial charge < -0.3 is 10.3 Å². The van der Waals surface area contributed by atoms with Crippen molar-refractivity contribution < 1.29 is 0 Å². The second-order valence-electron chi connectivity index (χ2n) is 4.15. The Kier molecular flexibility index (Phi) is 3.41. The van der Waals surface area contributed by atoms with Crippen LogP contribution in [0.15, 0.2) is 30.0 Å². The molecule has 2 rings (SSSR count). The summed E-state index contributed by atoms with van der Waals surface area (Å²) in [7, 11) is 0. The number of imidazole rings is 1. The normalized spacial score (nSPS) is 14.9. The molecule has 0 saturated heterocycles. The van der Waals surface area contributed by atoms with Crippen LogP contribution in [0.1, 0.15) is 36.5 Å². The molecule has 0 bridgehead atoms. The minimum absolute atomic E-state index is 0.0354. The van der Waals surface area contributed by atoms with Gasteiger partial charge in [-0.1, -0.05) is 6.07 Å². The van der Waals surface area contributed by atoms with Crippen LogP contribution in [0.2, 0.25) is 0 Å². The van der Waals surface area contributed by atoms with Crippen molar-refractivity contribution in [2.45, 2.75) is 32.4 Å². The highest BCUT2D eigenvalue weighted by atomic mass is 32.1. The third kappa shape index (κ3) is 2.33. The fourth-order valence-electron chi connectivity index (χ4n) is 1.85. The number of hydrogen-bond acceptors (Lipinski definition) is 3. The highest BCUT2D eigenvalue weighted by molar-refractivity contribution is 7.09. The van der Waals surface area contributed by atoms with Crippen LogP contribution in [0.5, 0.6) is 0 Å². The summed E-state index contributed by atoms with van der Waals surface area (Å²) in [4.78, 5) is 5.58. The second-order valence-corrected chi connectivity index (χ2v) is 5.18. The average molecular weight is 235 g/mol. The summed E-state index contributed by atoms with van der Waals surface area (Å²) in [5.74, 6) is 0. The molecule has 0 spiro atoms. The Morgan fingerprint density at radius 2 is 2.31 bits per heavy atom. The van der Waals surface area contributed by atoms with E-state index in [0.717, 1.165) is 12.1 Å². The molecule has 16 heavy (non-hydrogen) atoms. The van der Waals surface area contributed by atoms with E-state index >= 15 is 0 Å². The molecule has 0 radical (unpaired) electrons. The van der Waals surface area contributed by atoms with E-state index in [2.05, 4.69) is 34.0 Å². The van der Waals surface area contributed by atoms with Gasteiger partial charge in [-0.15, -0.1) is 11.3 Å². The van der Waals surface area contributed by atoms with E-state index in [-0.39, 0.29) is 6.04 Å². The predicted octanol–water partition coefficient (Wildman–Crippen LogP) is 2.77. The van der Waals surface area contributed by atoms with Gasteiger partial charge in [0.05, 0.1) is 12.0 Å². The predicted molar refractivity (Wildman–Crippen MR) is 67.6 cm³/mol. The molecule has 86 valence electrons. The van der Waals surface area contributed by atoms with Crippen LogP contribution in [-0.2, 0) is 6.42 Å². The molecule has 2 aromatic rings. The Hall–Kier alpha value is -1.13. The molecule has 0 saturated carbocycles. The Morgan fingerprint density at radius 1 is 1.50 bits per heavy atom. The SMILES string of the molecule is CC(Cc1cccs1)n1cncc1[C@@H](C)N. The molecule has 3 nitrogen and oxygen atoms in total. The van der Waals surface area contributed by atoms with E-state index in [1.54, 1.807) is 11.3 Å². The van der Waals surface area contributed by atoms with Crippen molar-refractivity contribution in [1.82, 2.24) is 9.55 Å². The molecule has 2 aromatic heterocycles. The van der Waals surface area contributed by atoms with Crippen molar-refractivity contribution in [2.24, 2.45) is 5.73 Å². The van der Waals surface area contributed by atoms with Gasteiger partial charge in [0.2, 0.25) is 0 Å². The lowest BCUT2D eigenvalue weighted by molar-refractivity contribution is 0.513. The monoisotopic (exact) mass is 235 g/mol. The molecule has 4 heteroatoms. The third-order valence-corrected chi connectivity index (χ3v) is 3.61. The fraction of sp³-hybridized carbons (Fsp3) is 0.417. The zero-order valence-electron chi connectivity index (χ0n) is 9.63. The van der Waals surface area contributed by atoms with Gasteiger partial charge in [0.25, 0.3) is 0 Å². The van der Waals surface area contributed by atoms with Gasteiger partial charge in [-0.3, -0.25) is 0 Å². The molecule has 0 aromatic carbocycles. The van der Waals surface area contributed by atoms with Crippen LogP contribution in [-0.4, -0.2) is 9.55 Å². The summed E-state index contributed by atoms with van der Waals surface area (Å²) < 4.78 is 2.17. The number of nitrogens with two attached hydrogens (primary N) is 1. The molecule has 1 unspecified atom stereocenters. The van der Waals surface area contributed by atoms with Crippen molar-refractivity contribution in [2.75, 3.05) is 0 Å². The first-order valence-electron chi connectivity index (χ1n) is 5.48. The standard InChI is InChI=1S/C12H17N3S/c1-9(6-11-4-3-5-16-11)15-8-14-7-12(15)10(2)13/h3-5,7-10H,6,13H2,1-2H3/t9?,10-/m1/s1. The highest BCUT2D eigenvalue weighted by Gasteiger charge is 2.12. The van der Waals surface area contributed by atoms with E-state index < -0.39 is 0 Å². The van der Waals surface area contributed by atoms with Crippen LogP contribution in [0.25, 0.3) is 0 Å². The van der Waals surface area contributed by atoms with Crippen LogP contribution >= 0.6 is 11.3 Å².